The van der Waals surface area contributed by atoms with Gasteiger partial charge in [-0.25, -0.2) is 0 Å². The van der Waals surface area contributed by atoms with Crippen LogP contribution in [0, 0.1) is 0 Å². The van der Waals surface area contributed by atoms with Crippen molar-refractivity contribution in [2.75, 3.05) is 0 Å². The fraction of sp³-hybridized carbons (Fsp3) is 0.562. The van der Waals surface area contributed by atoms with Gasteiger partial charge in [0.05, 0.1) is 5.56 Å². The SMILES string of the molecule is CC1(C)CC(NC(=O)c2ccc(Cl)cc2Br)CC(C)(C)N1. The van der Waals surface area contributed by atoms with Gasteiger partial charge in [-0.2, -0.15) is 0 Å². The van der Waals surface area contributed by atoms with E-state index in [1.165, 1.54) is 0 Å². The minimum Gasteiger partial charge on any atom is -0.349 e. The molecule has 5 heteroatoms. The molecule has 1 aromatic rings. The Kier molecular flexibility index (Phi) is 4.72. The highest BCUT2D eigenvalue weighted by molar-refractivity contribution is 9.10. The van der Waals surface area contributed by atoms with Crippen molar-refractivity contribution in [3.63, 3.8) is 0 Å². The lowest BCUT2D eigenvalue weighted by Gasteiger charge is -2.46. The Hall–Kier alpha value is -0.580. The molecule has 3 nitrogen and oxygen atoms in total. The van der Waals surface area contributed by atoms with E-state index in [0.29, 0.717) is 10.6 Å². The summed E-state index contributed by atoms with van der Waals surface area (Å²) in [5.41, 5.74) is 0.641. The molecule has 0 aliphatic carbocycles. The van der Waals surface area contributed by atoms with Crippen LogP contribution in [-0.4, -0.2) is 23.0 Å². The number of amides is 1. The normalized spacial score (nSPS) is 21.0. The largest absolute Gasteiger partial charge is 0.349 e. The second-order valence-corrected chi connectivity index (χ2v) is 8.39. The zero-order valence-corrected chi connectivity index (χ0v) is 15.2. The number of piperidine rings is 1. The Morgan fingerprint density at radius 3 is 2.38 bits per heavy atom. The molecule has 1 aromatic carbocycles. The summed E-state index contributed by atoms with van der Waals surface area (Å²) in [6.07, 6.45) is 1.82. The van der Waals surface area contributed by atoms with Gasteiger partial charge in [0.1, 0.15) is 0 Å². The molecule has 1 aliphatic heterocycles. The number of hydrogen-bond acceptors (Lipinski definition) is 2. The van der Waals surface area contributed by atoms with Gasteiger partial charge in [-0.3, -0.25) is 4.79 Å². The fourth-order valence-corrected chi connectivity index (χ4v) is 4.22. The van der Waals surface area contributed by atoms with Gasteiger partial charge < -0.3 is 10.6 Å². The predicted molar refractivity (Wildman–Crippen MR) is 90.9 cm³/mol. The number of carbonyl (C=O) groups is 1. The van der Waals surface area contributed by atoms with E-state index in [2.05, 4.69) is 54.3 Å². The highest BCUT2D eigenvalue weighted by Crippen LogP contribution is 2.29. The maximum absolute atomic E-state index is 12.5. The molecule has 1 aliphatic rings. The number of halogens is 2. The van der Waals surface area contributed by atoms with Crippen LogP contribution in [-0.2, 0) is 0 Å². The molecule has 21 heavy (non-hydrogen) atoms. The van der Waals surface area contributed by atoms with Crippen molar-refractivity contribution in [2.45, 2.75) is 57.7 Å². The summed E-state index contributed by atoms with van der Waals surface area (Å²) >= 11 is 9.32. The summed E-state index contributed by atoms with van der Waals surface area (Å²) in [5.74, 6) is -0.0583. The number of hydrogen-bond donors (Lipinski definition) is 2. The van der Waals surface area contributed by atoms with Crippen LogP contribution in [0.5, 0.6) is 0 Å². The third-order valence-electron chi connectivity index (χ3n) is 3.70. The summed E-state index contributed by atoms with van der Waals surface area (Å²) in [4.78, 5) is 12.5. The highest BCUT2D eigenvalue weighted by atomic mass is 79.9. The monoisotopic (exact) mass is 372 g/mol. The van der Waals surface area contributed by atoms with E-state index in [1.54, 1.807) is 18.2 Å². The molecule has 0 unspecified atom stereocenters. The summed E-state index contributed by atoms with van der Waals surface area (Å²) in [5, 5.41) is 7.38. The van der Waals surface area contributed by atoms with Crippen LogP contribution in [0.4, 0.5) is 0 Å². The van der Waals surface area contributed by atoms with Crippen molar-refractivity contribution >= 4 is 33.4 Å². The van der Waals surface area contributed by atoms with Gasteiger partial charge in [-0.1, -0.05) is 11.6 Å². The molecule has 0 radical (unpaired) electrons. The Morgan fingerprint density at radius 2 is 1.86 bits per heavy atom. The van der Waals surface area contributed by atoms with Crippen molar-refractivity contribution < 1.29 is 4.79 Å². The van der Waals surface area contributed by atoms with Gasteiger partial charge in [0.25, 0.3) is 5.91 Å². The molecule has 0 spiro atoms. The van der Waals surface area contributed by atoms with Crippen LogP contribution in [0.15, 0.2) is 22.7 Å². The molecule has 2 N–H and O–H groups in total. The second kappa shape index (κ2) is 5.90. The van der Waals surface area contributed by atoms with Crippen LogP contribution in [0.2, 0.25) is 5.02 Å². The van der Waals surface area contributed by atoms with E-state index in [-0.39, 0.29) is 23.0 Å². The third-order valence-corrected chi connectivity index (χ3v) is 4.59. The Balaban J connectivity index is 2.12. The van der Waals surface area contributed by atoms with E-state index in [4.69, 9.17) is 11.6 Å². The molecule has 116 valence electrons. The minimum absolute atomic E-state index is 0.0108. The van der Waals surface area contributed by atoms with E-state index in [1.807, 2.05) is 0 Å². The summed E-state index contributed by atoms with van der Waals surface area (Å²) in [6.45, 7) is 8.69. The molecule has 2 rings (SSSR count). The van der Waals surface area contributed by atoms with Crippen LogP contribution in [0.25, 0.3) is 0 Å². The fourth-order valence-electron chi connectivity index (χ4n) is 3.36. The van der Waals surface area contributed by atoms with Crippen molar-refractivity contribution in [1.82, 2.24) is 10.6 Å². The molecule has 1 amide bonds. The molecule has 1 heterocycles. The topological polar surface area (TPSA) is 41.1 Å². The summed E-state index contributed by atoms with van der Waals surface area (Å²) in [6, 6.07) is 5.38. The van der Waals surface area contributed by atoms with Crippen molar-refractivity contribution in [1.29, 1.82) is 0 Å². The number of rotatable bonds is 2. The first-order valence-electron chi connectivity index (χ1n) is 7.13. The van der Waals surface area contributed by atoms with Crippen LogP contribution in [0.3, 0.4) is 0 Å². The highest BCUT2D eigenvalue weighted by Gasteiger charge is 2.38. The van der Waals surface area contributed by atoms with Gasteiger partial charge in [0.2, 0.25) is 0 Å². The molecule has 0 saturated carbocycles. The molecule has 0 bridgehead atoms. The first-order chi connectivity index (χ1) is 9.58. The number of nitrogens with one attached hydrogen (secondary N) is 2. The van der Waals surface area contributed by atoms with Crippen LogP contribution in [0.1, 0.15) is 50.9 Å². The van der Waals surface area contributed by atoms with Crippen molar-refractivity contribution in [3.05, 3.63) is 33.3 Å². The third kappa shape index (κ3) is 4.44. The molecule has 0 atom stereocenters. The summed E-state index contributed by atoms with van der Waals surface area (Å²) < 4.78 is 0.722. The van der Waals surface area contributed by atoms with Gasteiger partial charge in [0.15, 0.2) is 0 Å². The minimum atomic E-state index is -0.0583. The molecular weight excluding hydrogens is 352 g/mol. The molecule has 1 fully saturated rings. The standard InChI is InChI=1S/C16H22BrClN2O/c1-15(2)8-11(9-16(3,4)20-15)19-14(21)12-6-5-10(18)7-13(12)17/h5-7,11,20H,8-9H2,1-4H3,(H,19,21). The smallest absolute Gasteiger partial charge is 0.252 e. The quantitative estimate of drug-likeness (QED) is 0.818. The number of benzene rings is 1. The lowest BCUT2D eigenvalue weighted by molar-refractivity contribution is 0.0872. The average molecular weight is 374 g/mol. The van der Waals surface area contributed by atoms with E-state index in [9.17, 15) is 4.79 Å². The Morgan fingerprint density at radius 1 is 1.29 bits per heavy atom. The van der Waals surface area contributed by atoms with E-state index in [0.717, 1.165) is 17.3 Å². The van der Waals surface area contributed by atoms with Crippen molar-refractivity contribution in [2.24, 2.45) is 0 Å². The van der Waals surface area contributed by atoms with E-state index >= 15 is 0 Å². The van der Waals surface area contributed by atoms with Gasteiger partial charge in [-0.15, -0.1) is 0 Å². The maximum Gasteiger partial charge on any atom is 0.252 e. The lowest BCUT2D eigenvalue weighted by Crippen LogP contribution is -2.62. The Labute approximate surface area is 140 Å². The number of carbonyl (C=O) groups excluding carboxylic acids is 1. The first-order valence-corrected chi connectivity index (χ1v) is 8.30. The lowest BCUT2D eigenvalue weighted by atomic mass is 9.79. The predicted octanol–water partition coefficient (Wildman–Crippen LogP) is 4.14. The van der Waals surface area contributed by atoms with Gasteiger partial charge in [-0.05, 0) is 74.7 Å². The van der Waals surface area contributed by atoms with E-state index < -0.39 is 0 Å². The Bertz CT molecular complexity index is 541. The zero-order chi connectivity index (χ0) is 15.8. The van der Waals surface area contributed by atoms with Gasteiger partial charge >= 0.3 is 0 Å². The maximum atomic E-state index is 12.5. The zero-order valence-electron chi connectivity index (χ0n) is 12.9. The molecule has 1 saturated heterocycles. The average Bonchev–Trinajstić information content (AvgIpc) is 2.23. The van der Waals surface area contributed by atoms with Crippen molar-refractivity contribution in [3.8, 4) is 0 Å². The summed E-state index contributed by atoms with van der Waals surface area (Å²) in [7, 11) is 0. The molecular formula is C16H22BrClN2O. The molecule has 0 aromatic heterocycles. The van der Waals surface area contributed by atoms with Crippen LogP contribution >= 0.6 is 27.5 Å². The van der Waals surface area contributed by atoms with Gasteiger partial charge in [0, 0.05) is 26.6 Å². The second-order valence-electron chi connectivity index (χ2n) is 7.10. The first kappa shape index (κ1) is 16.8. The van der Waals surface area contributed by atoms with Crippen LogP contribution < -0.4 is 10.6 Å².